The molecule has 2 aromatic heterocycles. The van der Waals surface area contributed by atoms with E-state index in [9.17, 15) is 9.59 Å². The average Bonchev–Trinajstić information content (AvgIpc) is 3.07. The largest absolute Gasteiger partial charge is 0.463 e. The van der Waals surface area contributed by atoms with Crippen molar-refractivity contribution in [1.82, 2.24) is 9.55 Å². The Morgan fingerprint density at radius 3 is 2.83 bits per heavy atom. The fraction of sp³-hybridized carbons (Fsp3) is 0.118. The molecule has 3 aromatic rings. The van der Waals surface area contributed by atoms with Crippen LogP contribution in [-0.2, 0) is 11.3 Å². The normalized spacial score (nSPS) is 10.6. The summed E-state index contributed by atoms with van der Waals surface area (Å²) in [6.07, 6.45) is 2.85. The lowest BCUT2D eigenvalue weighted by atomic mass is 10.2. The predicted molar refractivity (Wildman–Crippen MR) is 93.7 cm³/mol. The minimum atomic E-state index is -0.321. The molecule has 0 atom stereocenters. The van der Waals surface area contributed by atoms with Gasteiger partial charge in [0.15, 0.2) is 5.76 Å². The summed E-state index contributed by atoms with van der Waals surface area (Å²) in [6, 6.07) is 10.3. The highest BCUT2D eigenvalue weighted by Crippen LogP contribution is 2.20. The van der Waals surface area contributed by atoms with Crippen molar-refractivity contribution in [2.24, 2.45) is 0 Å². The molecule has 2 heterocycles. The number of nitrogens with one attached hydrogen (secondary N) is 1. The van der Waals surface area contributed by atoms with Crippen LogP contribution in [0.2, 0.25) is 0 Å². The summed E-state index contributed by atoms with van der Waals surface area (Å²) in [4.78, 5) is 28.4. The quantitative estimate of drug-likeness (QED) is 0.745. The van der Waals surface area contributed by atoms with Crippen LogP contribution in [0.4, 0.5) is 5.69 Å². The van der Waals surface area contributed by atoms with Crippen LogP contribution < -0.4 is 10.9 Å². The smallest absolute Gasteiger partial charge is 0.254 e. The Labute approximate surface area is 146 Å². The van der Waals surface area contributed by atoms with Crippen molar-refractivity contribution in [2.75, 3.05) is 5.32 Å². The van der Waals surface area contributed by atoms with Crippen molar-refractivity contribution in [3.05, 3.63) is 69.4 Å². The fourth-order valence-electron chi connectivity index (χ4n) is 2.18. The van der Waals surface area contributed by atoms with Crippen LogP contribution in [0, 0.1) is 6.92 Å². The zero-order chi connectivity index (χ0) is 17.1. The molecule has 0 aliphatic heterocycles. The van der Waals surface area contributed by atoms with Crippen LogP contribution in [0.1, 0.15) is 5.56 Å². The van der Waals surface area contributed by atoms with Gasteiger partial charge in [0.1, 0.15) is 12.2 Å². The van der Waals surface area contributed by atoms with Gasteiger partial charge in [0.25, 0.3) is 5.56 Å². The number of carbonyl (C=O) groups excluding carboxylic acids is 1. The van der Waals surface area contributed by atoms with E-state index in [4.69, 9.17) is 4.42 Å². The third-order valence-corrected chi connectivity index (χ3v) is 4.30. The Balaban J connectivity index is 1.72. The second kappa shape index (κ2) is 6.84. The molecule has 1 amide bonds. The molecule has 7 heteroatoms. The number of anilines is 1. The van der Waals surface area contributed by atoms with Crippen LogP contribution in [0.5, 0.6) is 0 Å². The summed E-state index contributed by atoms with van der Waals surface area (Å²) in [5, 5.41) is 2.76. The van der Waals surface area contributed by atoms with Gasteiger partial charge in [-0.15, -0.1) is 0 Å². The van der Waals surface area contributed by atoms with Gasteiger partial charge in [0.05, 0.1) is 12.6 Å². The molecule has 0 aliphatic carbocycles. The molecular weight excluding hydrogens is 374 g/mol. The first-order valence-corrected chi connectivity index (χ1v) is 7.98. The summed E-state index contributed by atoms with van der Waals surface area (Å²) < 4.78 is 7.41. The molecule has 1 aromatic carbocycles. The van der Waals surface area contributed by atoms with E-state index in [0.29, 0.717) is 17.1 Å². The highest BCUT2D eigenvalue weighted by atomic mass is 79.9. The minimum Gasteiger partial charge on any atom is -0.463 e. The zero-order valence-electron chi connectivity index (χ0n) is 12.8. The number of halogens is 1. The van der Waals surface area contributed by atoms with E-state index < -0.39 is 0 Å². The van der Waals surface area contributed by atoms with E-state index in [0.717, 1.165) is 10.0 Å². The van der Waals surface area contributed by atoms with Gasteiger partial charge < -0.3 is 9.73 Å². The Hall–Kier alpha value is -2.67. The number of amides is 1. The number of hydrogen-bond acceptors (Lipinski definition) is 4. The average molecular weight is 388 g/mol. The van der Waals surface area contributed by atoms with Crippen molar-refractivity contribution in [1.29, 1.82) is 0 Å². The molecule has 0 bridgehead atoms. The number of aryl methyl sites for hydroxylation is 1. The van der Waals surface area contributed by atoms with E-state index >= 15 is 0 Å². The first kappa shape index (κ1) is 16.2. The molecule has 0 spiro atoms. The van der Waals surface area contributed by atoms with Crippen molar-refractivity contribution in [2.45, 2.75) is 13.5 Å². The van der Waals surface area contributed by atoms with Gasteiger partial charge in [-0.25, -0.2) is 4.98 Å². The molecule has 0 radical (unpaired) electrons. The molecule has 6 nitrogen and oxygen atoms in total. The SMILES string of the molecule is Cc1cc(NC(=O)Cn2cnc(-c3ccco3)cc2=O)ccc1Br. The highest BCUT2D eigenvalue weighted by Gasteiger charge is 2.09. The molecule has 0 saturated heterocycles. The maximum Gasteiger partial charge on any atom is 0.254 e. The summed E-state index contributed by atoms with van der Waals surface area (Å²) in [6.45, 7) is 1.82. The fourth-order valence-corrected chi connectivity index (χ4v) is 2.43. The van der Waals surface area contributed by atoms with Crippen LogP contribution >= 0.6 is 15.9 Å². The van der Waals surface area contributed by atoms with Crippen LogP contribution in [0.25, 0.3) is 11.5 Å². The monoisotopic (exact) mass is 387 g/mol. The van der Waals surface area contributed by atoms with Crippen molar-refractivity contribution in [3.63, 3.8) is 0 Å². The van der Waals surface area contributed by atoms with Gasteiger partial charge in [-0.1, -0.05) is 15.9 Å². The van der Waals surface area contributed by atoms with E-state index in [2.05, 4.69) is 26.2 Å². The molecule has 1 N–H and O–H groups in total. The molecular formula is C17H14BrN3O3. The Morgan fingerprint density at radius 1 is 1.33 bits per heavy atom. The van der Waals surface area contributed by atoms with Gasteiger partial charge in [0, 0.05) is 16.2 Å². The minimum absolute atomic E-state index is 0.112. The lowest BCUT2D eigenvalue weighted by Crippen LogP contribution is -2.27. The zero-order valence-corrected chi connectivity index (χ0v) is 14.4. The second-order valence-electron chi connectivity index (χ2n) is 5.23. The first-order valence-electron chi connectivity index (χ1n) is 7.19. The summed E-state index contributed by atoms with van der Waals surface area (Å²) in [5.41, 5.74) is 1.80. The number of hydrogen-bond donors (Lipinski definition) is 1. The number of rotatable bonds is 4. The number of nitrogens with zero attached hydrogens (tertiary/aromatic N) is 2. The lowest BCUT2D eigenvalue weighted by molar-refractivity contribution is -0.116. The van der Waals surface area contributed by atoms with E-state index in [1.165, 1.54) is 23.2 Å². The van der Waals surface area contributed by atoms with Crippen molar-refractivity contribution in [3.8, 4) is 11.5 Å². The van der Waals surface area contributed by atoms with Crippen molar-refractivity contribution >= 4 is 27.5 Å². The maximum atomic E-state index is 12.1. The Kier molecular flexibility index (Phi) is 4.61. The van der Waals surface area contributed by atoms with Gasteiger partial charge in [-0.2, -0.15) is 0 Å². The van der Waals surface area contributed by atoms with Crippen LogP contribution in [0.15, 0.2) is 62.7 Å². The maximum absolute atomic E-state index is 12.1. The van der Waals surface area contributed by atoms with Crippen LogP contribution in [0.3, 0.4) is 0 Å². The molecule has 0 aliphatic rings. The number of benzene rings is 1. The molecule has 122 valence electrons. The molecule has 24 heavy (non-hydrogen) atoms. The van der Waals surface area contributed by atoms with Gasteiger partial charge in [0.2, 0.25) is 5.91 Å². The second-order valence-corrected chi connectivity index (χ2v) is 6.08. The van der Waals surface area contributed by atoms with Crippen molar-refractivity contribution < 1.29 is 9.21 Å². The van der Waals surface area contributed by atoms with Crippen LogP contribution in [-0.4, -0.2) is 15.5 Å². The standard InChI is InChI=1S/C17H14BrN3O3/c1-11-7-12(4-5-13(11)18)20-16(22)9-21-10-19-14(8-17(21)23)15-3-2-6-24-15/h2-8,10H,9H2,1H3,(H,20,22). The molecule has 0 saturated carbocycles. The summed E-state index contributed by atoms with van der Waals surface area (Å²) >= 11 is 3.41. The van der Waals surface area contributed by atoms with Gasteiger partial charge in [-0.3, -0.25) is 14.2 Å². The topological polar surface area (TPSA) is 77.1 Å². The first-order chi connectivity index (χ1) is 11.5. The summed E-state index contributed by atoms with van der Waals surface area (Å²) in [5.74, 6) is 0.209. The predicted octanol–water partition coefficient (Wildman–Crippen LogP) is 3.21. The van der Waals surface area contributed by atoms with Gasteiger partial charge >= 0.3 is 0 Å². The lowest BCUT2D eigenvalue weighted by Gasteiger charge is -2.08. The number of carbonyl (C=O) groups is 1. The number of aromatic nitrogens is 2. The van der Waals surface area contributed by atoms with E-state index in [-0.39, 0.29) is 18.0 Å². The highest BCUT2D eigenvalue weighted by molar-refractivity contribution is 9.10. The van der Waals surface area contributed by atoms with E-state index in [1.807, 2.05) is 19.1 Å². The molecule has 0 fully saturated rings. The van der Waals surface area contributed by atoms with Gasteiger partial charge in [-0.05, 0) is 42.8 Å². The third kappa shape index (κ3) is 3.62. The molecule has 0 unspecified atom stereocenters. The Morgan fingerprint density at radius 2 is 2.17 bits per heavy atom. The van der Waals surface area contributed by atoms with E-state index in [1.54, 1.807) is 18.2 Å². The third-order valence-electron chi connectivity index (χ3n) is 3.41. The summed E-state index contributed by atoms with van der Waals surface area (Å²) in [7, 11) is 0. The Bertz CT molecular complexity index is 933. The number of furan rings is 1. The molecule has 3 rings (SSSR count).